The smallest absolute Gasteiger partial charge is 0.221 e. The van der Waals surface area contributed by atoms with E-state index in [0.717, 1.165) is 24.2 Å². The molecule has 1 aromatic carbocycles. The highest BCUT2D eigenvalue weighted by Crippen LogP contribution is 2.17. The Morgan fingerprint density at radius 3 is 2.32 bits per heavy atom. The van der Waals surface area contributed by atoms with E-state index in [4.69, 9.17) is 0 Å². The highest BCUT2D eigenvalue weighted by atomic mass is 16.2. The lowest BCUT2D eigenvalue weighted by atomic mass is 9.95. The third-order valence-electron chi connectivity index (χ3n) is 3.86. The highest BCUT2D eigenvalue weighted by Gasteiger charge is 2.15. The number of benzene rings is 1. The zero-order valence-electron chi connectivity index (χ0n) is 13.2. The minimum Gasteiger partial charge on any atom is -0.385 e. The van der Waals surface area contributed by atoms with Gasteiger partial charge in [-0.25, -0.2) is 0 Å². The van der Waals surface area contributed by atoms with Crippen molar-refractivity contribution in [1.82, 2.24) is 5.32 Å². The third kappa shape index (κ3) is 5.76. The van der Waals surface area contributed by atoms with Gasteiger partial charge in [0.2, 0.25) is 11.8 Å². The second-order valence-corrected chi connectivity index (χ2v) is 5.84. The molecule has 3 N–H and O–H groups in total. The first-order chi connectivity index (χ1) is 10.6. The molecule has 0 aromatic heterocycles. The zero-order chi connectivity index (χ0) is 15.8. The maximum atomic E-state index is 11.9. The van der Waals surface area contributed by atoms with Gasteiger partial charge < -0.3 is 16.0 Å². The summed E-state index contributed by atoms with van der Waals surface area (Å²) in [6.07, 6.45) is 6.45. The molecule has 5 heteroatoms. The fraction of sp³-hybridized carbons (Fsp3) is 0.529. The molecule has 0 heterocycles. The number of carbonyl (C=O) groups is 2. The molecule has 0 bridgehead atoms. The van der Waals surface area contributed by atoms with Crippen molar-refractivity contribution in [2.45, 2.75) is 51.5 Å². The summed E-state index contributed by atoms with van der Waals surface area (Å²) in [6.45, 7) is 2.09. The molecule has 1 aromatic rings. The van der Waals surface area contributed by atoms with Crippen LogP contribution in [-0.2, 0) is 9.59 Å². The van der Waals surface area contributed by atoms with Crippen LogP contribution in [0.3, 0.4) is 0 Å². The Morgan fingerprint density at radius 2 is 1.68 bits per heavy atom. The van der Waals surface area contributed by atoms with Crippen molar-refractivity contribution < 1.29 is 9.59 Å². The average Bonchev–Trinajstić information content (AvgIpc) is 2.49. The minimum absolute atomic E-state index is 0.0832. The van der Waals surface area contributed by atoms with Crippen LogP contribution < -0.4 is 16.0 Å². The molecule has 0 unspecified atom stereocenters. The van der Waals surface area contributed by atoms with Crippen molar-refractivity contribution in [3.8, 4) is 0 Å². The predicted octanol–water partition coefficient (Wildman–Crippen LogP) is 2.90. The molecule has 1 aliphatic rings. The monoisotopic (exact) mass is 303 g/mol. The van der Waals surface area contributed by atoms with Crippen molar-refractivity contribution in [3.05, 3.63) is 24.3 Å². The van der Waals surface area contributed by atoms with Gasteiger partial charge in [-0.1, -0.05) is 19.3 Å². The molecule has 2 rings (SSSR count). The Labute approximate surface area is 131 Å². The van der Waals surface area contributed by atoms with Crippen LogP contribution in [-0.4, -0.2) is 24.4 Å². The number of amides is 2. The summed E-state index contributed by atoms with van der Waals surface area (Å²) in [5.41, 5.74) is 1.72. The molecular weight excluding hydrogens is 278 g/mol. The quantitative estimate of drug-likeness (QED) is 0.757. The maximum absolute atomic E-state index is 11.9. The van der Waals surface area contributed by atoms with Gasteiger partial charge in [0.05, 0.1) is 0 Å². The summed E-state index contributed by atoms with van der Waals surface area (Å²) in [5, 5.41) is 9.05. The van der Waals surface area contributed by atoms with E-state index in [1.165, 1.54) is 26.2 Å². The van der Waals surface area contributed by atoms with Crippen molar-refractivity contribution in [3.63, 3.8) is 0 Å². The first-order valence-electron chi connectivity index (χ1n) is 8.04. The fourth-order valence-corrected chi connectivity index (χ4v) is 2.74. The molecule has 2 amide bonds. The summed E-state index contributed by atoms with van der Waals surface area (Å²) in [5.74, 6) is 0.0364. The molecule has 0 saturated heterocycles. The van der Waals surface area contributed by atoms with Crippen molar-refractivity contribution in [2.24, 2.45) is 0 Å². The lowest BCUT2D eigenvalue weighted by molar-refractivity contribution is -0.121. The van der Waals surface area contributed by atoms with Crippen molar-refractivity contribution in [1.29, 1.82) is 0 Å². The first-order valence-corrected chi connectivity index (χ1v) is 8.04. The van der Waals surface area contributed by atoms with Crippen LogP contribution in [0.5, 0.6) is 0 Å². The van der Waals surface area contributed by atoms with Crippen LogP contribution in [0.4, 0.5) is 11.4 Å². The van der Waals surface area contributed by atoms with Crippen LogP contribution in [0.2, 0.25) is 0 Å². The van der Waals surface area contributed by atoms with Gasteiger partial charge in [-0.2, -0.15) is 0 Å². The van der Waals surface area contributed by atoms with E-state index in [1.54, 1.807) is 0 Å². The topological polar surface area (TPSA) is 70.2 Å². The van der Waals surface area contributed by atoms with Crippen LogP contribution in [0, 0.1) is 0 Å². The van der Waals surface area contributed by atoms with E-state index >= 15 is 0 Å². The third-order valence-corrected chi connectivity index (χ3v) is 3.86. The average molecular weight is 303 g/mol. The standard InChI is InChI=1S/C17H25N3O2/c1-13(21)19-16-9-7-14(8-10-16)18-12-11-17(22)20-15-5-3-2-4-6-15/h7-10,15,18H,2-6,11-12H2,1H3,(H,19,21)(H,20,22). The van der Waals surface area contributed by atoms with Crippen LogP contribution in [0.25, 0.3) is 0 Å². The van der Waals surface area contributed by atoms with Gasteiger partial charge in [0.1, 0.15) is 0 Å². The lowest BCUT2D eigenvalue weighted by Gasteiger charge is -2.22. The Bertz CT molecular complexity index is 493. The molecular formula is C17H25N3O2. The zero-order valence-corrected chi connectivity index (χ0v) is 13.2. The fourth-order valence-electron chi connectivity index (χ4n) is 2.74. The summed E-state index contributed by atoms with van der Waals surface area (Å²) in [7, 11) is 0. The van der Waals surface area contributed by atoms with E-state index in [1.807, 2.05) is 24.3 Å². The van der Waals surface area contributed by atoms with Crippen LogP contribution >= 0.6 is 0 Å². The molecule has 5 nitrogen and oxygen atoms in total. The number of hydrogen-bond donors (Lipinski definition) is 3. The van der Waals surface area contributed by atoms with Gasteiger partial charge in [-0.15, -0.1) is 0 Å². The number of rotatable bonds is 6. The lowest BCUT2D eigenvalue weighted by Crippen LogP contribution is -2.36. The van der Waals surface area contributed by atoms with E-state index in [2.05, 4.69) is 16.0 Å². The number of anilines is 2. The molecule has 120 valence electrons. The van der Waals surface area contributed by atoms with E-state index in [-0.39, 0.29) is 11.8 Å². The highest BCUT2D eigenvalue weighted by molar-refractivity contribution is 5.88. The minimum atomic E-state index is -0.0832. The Kier molecular flexibility index (Phi) is 6.25. The molecule has 0 radical (unpaired) electrons. The summed E-state index contributed by atoms with van der Waals surface area (Å²) in [4.78, 5) is 22.8. The Morgan fingerprint density at radius 1 is 1.05 bits per heavy atom. The van der Waals surface area contributed by atoms with Gasteiger partial charge in [-0.3, -0.25) is 9.59 Å². The second-order valence-electron chi connectivity index (χ2n) is 5.84. The molecule has 1 fully saturated rings. The van der Waals surface area contributed by atoms with Gasteiger partial charge >= 0.3 is 0 Å². The molecule has 0 aliphatic heterocycles. The van der Waals surface area contributed by atoms with Gasteiger partial charge in [0, 0.05) is 37.3 Å². The molecule has 1 aliphatic carbocycles. The largest absolute Gasteiger partial charge is 0.385 e. The summed E-state index contributed by atoms with van der Waals surface area (Å²) in [6, 6.07) is 7.84. The maximum Gasteiger partial charge on any atom is 0.221 e. The molecule has 0 spiro atoms. The Balaban J connectivity index is 1.67. The van der Waals surface area contributed by atoms with E-state index in [0.29, 0.717) is 19.0 Å². The summed E-state index contributed by atoms with van der Waals surface area (Å²) < 4.78 is 0. The van der Waals surface area contributed by atoms with Gasteiger partial charge in [-0.05, 0) is 37.1 Å². The van der Waals surface area contributed by atoms with Crippen molar-refractivity contribution in [2.75, 3.05) is 17.2 Å². The van der Waals surface area contributed by atoms with E-state index < -0.39 is 0 Å². The second kappa shape index (κ2) is 8.41. The predicted molar refractivity (Wildman–Crippen MR) is 88.9 cm³/mol. The van der Waals surface area contributed by atoms with Crippen LogP contribution in [0.15, 0.2) is 24.3 Å². The molecule has 1 saturated carbocycles. The number of nitrogens with one attached hydrogen (secondary N) is 3. The molecule has 22 heavy (non-hydrogen) atoms. The van der Waals surface area contributed by atoms with Gasteiger partial charge in [0.15, 0.2) is 0 Å². The van der Waals surface area contributed by atoms with E-state index in [9.17, 15) is 9.59 Å². The molecule has 0 atom stereocenters. The first kappa shape index (κ1) is 16.3. The summed E-state index contributed by atoms with van der Waals surface area (Å²) >= 11 is 0. The van der Waals surface area contributed by atoms with Gasteiger partial charge in [0.25, 0.3) is 0 Å². The number of carbonyl (C=O) groups excluding carboxylic acids is 2. The Hall–Kier alpha value is -2.04. The van der Waals surface area contributed by atoms with Crippen LogP contribution in [0.1, 0.15) is 45.4 Å². The SMILES string of the molecule is CC(=O)Nc1ccc(NCCC(=O)NC2CCCCC2)cc1. The normalized spacial score (nSPS) is 15.1. The number of hydrogen-bond acceptors (Lipinski definition) is 3. The van der Waals surface area contributed by atoms with Crippen molar-refractivity contribution >= 4 is 23.2 Å².